The summed E-state index contributed by atoms with van der Waals surface area (Å²) in [5.41, 5.74) is 1.91. The molecule has 0 spiro atoms. The molecule has 0 aliphatic rings. The number of benzene rings is 2. The van der Waals surface area contributed by atoms with Gasteiger partial charge in [-0.05, 0) is 36.6 Å². The number of fused-ring (bicyclic) bond motifs is 1. The monoisotopic (exact) mass is 433 g/mol. The number of Topliss-reactive ketones (excluding diaryl/α,β-unsaturated/α-hetero) is 1. The molecule has 2 aromatic carbocycles. The molecule has 31 heavy (non-hydrogen) atoms. The minimum atomic E-state index is -0.691. The van der Waals surface area contributed by atoms with Crippen molar-refractivity contribution >= 4 is 45.7 Å². The zero-order chi connectivity index (χ0) is 22.0. The fraction of sp³-hybridized carbons (Fsp3) is 0.125. The zero-order valence-electron chi connectivity index (χ0n) is 17.0. The number of ketones is 1. The number of hydrogen-bond acceptors (Lipinski definition) is 6. The molecule has 156 valence electrons. The van der Waals surface area contributed by atoms with Gasteiger partial charge in [0.05, 0.1) is 16.1 Å². The van der Waals surface area contributed by atoms with Crippen molar-refractivity contribution in [2.45, 2.75) is 6.92 Å². The summed E-state index contributed by atoms with van der Waals surface area (Å²) in [6, 6.07) is 17.5. The van der Waals surface area contributed by atoms with E-state index in [1.165, 1.54) is 16.2 Å². The second-order valence-electron chi connectivity index (χ2n) is 6.91. The first-order chi connectivity index (χ1) is 15.0. The van der Waals surface area contributed by atoms with Crippen LogP contribution < -0.4 is 4.90 Å². The number of nitrogens with zero attached hydrogens (tertiary/aromatic N) is 1. The summed E-state index contributed by atoms with van der Waals surface area (Å²) in [6.07, 6.45) is 0. The van der Waals surface area contributed by atoms with Crippen LogP contribution in [0, 0.1) is 6.92 Å². The lowest BCUT2D eigenvalue weighted by Gasteiger charge is -2.19. The normalized spacial score (nSPS) is 10.8. The first kappa shape index (κ1) is 20.6. The molecule has 2 aromatic heterocycles. The minimum absolute atomic E-state index is 0.173. The van der Waals surface area contributed by atoms with Gasteiger partial charge in [-0.15, -0.1) is 11.3 Å². The summed E-state index contributed by atoms with van der Waals surface area (Å²) in [7, 11) is 1.59. The summed E-state index contributed by atoms with van der Waals surface area (Å²) in [4.78, 5) is 40.0. The van der Waals surface area contributed by atoms with Gasteiger partial charge in [0.25, 0.3) is 5.91 Å². The van der Waals surface area contributed by atoms with Crippen molar-refractivity contribution in [1.29, 1.82) is 0 Å². The molecule has 0 fully saturated rings. The van der Waals surface area contributed by atoms with E-state index in [9.17, 15) is 14.4 Å². The van der Waals surface area contributed by atoms with Crippen LogP contribution in [0.3, 0.4) is 0 Å². The van der Waals surface area contributed by atoms with E-state index >= 15 is 0 Å². The van der Waals surface area contributed by atoms with Crippen molar-refractivity contribution < 1.29 is 23.5 Å². The number of amides is 1. The van der Waals surface area contributed by atoms with Crippen molar-refractivity contribution in [1.82, 2.24) is 0 Å². The Balaban J connectivity index is 1.51. The van der Waals surface area contributed by atoms with Gasteiger partial charge in [0.15, 0.2) is 12.4 Å². The van der Waals surface area contributed by atoms with Crippen LogP contribution >= 0.6 is 11.3 Å². The number of anilines is 1. The van der Waals surface area contributed by atoms with Crippen LogP contribution in [-0.2, 0) is 4.74 Å². The van der Waals surface area contributed by atoms with E-state index in [0.717, 1.165) is 5.39 Å². The van der Waals surface area contributed by atoms with E-state index in [2.05, 4.69) is 0 Å². The van der Waals surface area contributed by atoms with E-state index < -0.39 is 18.4 Å². The van der Waals surface area contributed by atoms with Gasteiger partial charge in [-0.3, -0.25) is 9.59 Å². The highest BCUT2D eigenvalue weighted by molar-refractivity contribution is 7.12. The Hall–Kier alpha value is -3.71. The molecular weight excluding hydrogens is 414 g/mol. The lowest BCUT2D eigenvalue weighted by molar-refractivity contribution is 0.0469. The largest absolute Gasteiger partial charge is 0.453 e. The molecule has 0 aliphatic heterocycles. The second-order valence-corrected chi connectivity index (χ2v) is 7.86. The number of ether oxygens (including phenoxy) is 1. The number of thiophene rings is 1. The maximum Gasteiger partial charge on any atom is 0.340 e. The van der Waals surface area contributed by atoms with Crippen LogP contribution in [0.1, 0.15) is 36.1 Å². The van der Waals surface area contributed by atoms with Crippen LogP contribution in [0.25, 0.3) is 11.0 Å². The highest BCUT2D eigenvalue weighted by Crippen LogP contribution is 2.26. The first-order valence-corrected chi connectivity index (χ1v) is 10.4. The van der Waals surface area contributed by atoms with Crippen molar-refractivity contribution in [3.05, 3.63) is 87.8 Å². The smallest absolute Gasteiger partial charge is 0.340 e. The number of rotatable bonds is 6. The fourth-order valence-electron chi connectivity index (χ4n) is 3.33. The number of hydrogen-bond donors (Lipinski definition) is 0. The number of para-hydroxylation sites is 2. The van der Waals surface area contributed by atoms with Crippen LogP contribution in [-0.4, -0.2) is 31.3 Å². The quantitative estimate of drug-likeness (QED) is 0.312. The number of carbonyl (C=O) groups excluding carboxylic acids is 3. The SMILES string of the molecule is Cc1c(C(=O)COC(=O)c2ccccc2N(C)C(=O)c2cccs2)oc2ccccc12. The van der Waals surface area contributed by atoms with Crippen molar-refractivity contribution in [2.24, 2.45) is 0 Å². The van der Waals surface area contributed by atoms with Gasteiger partial charge < -0.3 is 14.1 Å². The highest BCUT2D eigenvalue weighted by atomic mass is 32.1. The van der Waals surface area contributed by atoms with Crippen molar-refractivity contribution in [3.8, 4) is 0 Å². The summed E-state index contributed by atoms with van der Waals surface area (Å²) >= 11 is 1.32. The van der Waals surface area contributed by atoms with Gasteiger partial charge in [0.1, 0.15) is 5.58 Å². The molecule has 0 radical (unpaired) electrons. The lowest BCUT2D eigenvalue weighted by Crippen LogP contribution is -2.27. The van der Waals surface area contributed by atoms with Gasteiger partial charge in [-0.25, -0.2) is 4.79 Å². The van der Waals surface area contributed by atoms with Gasteiger partial charge in [-0.2, -0.15) is 0 Å². The minimum Gasteiger partial charge on any atom is -0.453 e. The van der Waals surface area contributed by atoms with Crippen LogP contribution in [0.4, 0.5) is 5.69 Å². The highest BCUT2D eigenvalue weighted by Gasteiger charge is 2.23. The average molecular weight is 433 g/mol. The Morgan fingerprint density at radius 1 is 1.00 bits per heavy atom. The van der Waals surface area contributed by atoms with Gasteiger partial charge in [0, 0.05) is 18.0 Å². The topological polar surface area (TPSA) is 76.8 Å². The molecule has 2 heterocycles. The molecule has 0 bridgehead atoms. The molecule has 6 nitrogen and oxygen atoms in total. The Morgan fingerprint density at radius 2 is 1.74 bits per heavy atom. The molecule has 0 N–H and O–H groups in total. The number of aryl methyl sites for hydroxylation is 1. The Kier molecular flexibility index (Phi) is 5.68. The second kappa shape index (κ2) is 8.57. The summed E-state index contributed by atoms with van der Waals surface area (Å²) in [6.45, 7) is 1.33. The molecule has 4 rings (SSSR count). The summed E-state index contributed by atoms with van der Waals surface area (Å²) < 4.78 is 10.9. The van der Waals surface area contributed by atoms with Crippen molar-refractivity contribution in [2.75, 3.05) is 18.6 Å². The summed E-state index contributed by atoms with van der Waals surface area (Å²) in [5, 5.41) is 2.66. The van der Waals surface area contributed by atoms with Crippen molar-refractivity contribution in [3.63, 3.8) is 0 Å². The molecule has 0 aliphatic carbocycles. The fourth-order valence-corrected chi connectivity index (χ4v) is 4.03. The predicted octanol–water partition coefficient (Wildman–Crippen LogP) is 5.12. The number of esters is 1. The van der Waals surface area contributed by atoms with E-state index in [4.69, 9.17) is 9.15 Å². The average Bonchev–Trinajstić information content (AvgIpc) is 3.45. The van der Waals surface area contributed by atoms with Gasteiger partial charge in [-0.1, -0.05) is 36.4 Å². The Labute approximate surface area is 182 Å². The Bertz CT molecular complexity index is 1270. The molecule has 0 unspecified atom stereocenters. The molecular formula is C24H19NO5S. The first-order valence-electron chi connectivity index (χ1n) is 9.56. The van der Waals surface area contributed by atoms with Crippen LogP contribution in [0.2, 0.25) is 0 Å². The number of furan rings is 1. The van der Waals surface area contributed by atoms with Crippen LogP contribution in [0.5, 0.6) is 0 Å². The number of carbonyl (C=O) groups is 3. The molecule has 1 amide bonds. The van der Waals surface area contributed by atoms with E-state index in [0.29, 0.717) is 21.7 Å². The third-order valence-electron chi connectivity index (χ3n) is 4.95. The molecule has 0 saturated heterocycles. The third-order valence-corrected chi connectivity index (χ3v) is 5.81. The predicted molar refractivity (Wildman–Crippen MR) is 119 cm³/mol. The molecule has 0 atom stereocenters. The van der Waals surface area contributed by atoms with E-state index in [-0.39, 0.29) is 17.2 Å². The molecule has 0 saturated carbocycles. The lowest BCUT2D eigenvalue weighted by atomic mass is 10.1. The van der Waals surface area contributed by atoms with E-state index in [1.54, 1.807) is 56.4 Å². The van der Waals surface area contributed by atoms with Crippen LogP contribution in [0.15, 0.2) is 70.5 Å². The Morgan fingerprint density at radius 3 is 2.48 bits per heavy atom. The summed E-state index contributed by atoms with van der Waals surface area (Å²) in [5.74, 6) is -1.18. The van der Waals surface area contributed by atoms with Gasteiger partial charge >= 0.3 is 5.97 Å². The third kappa shape index (κ3) is 4.00. The standard InChI is InChI=1S/C24H19NO5S/c1-15-16-8-4-6-11-20(16)30-22(15)19(26)14-29-24(28)17-9-3-5-10-18(17)25(2)23(27)21-12-7-13-31-21/h3-13H,14H2,1-2H3. The zero-order valence-corrected chi connectivity index (χ0v) is 17.8. The maximum absolute atomic E-state index is 12.7. The van der Waals surface area contributed by atoms with Gasteiger partial charge in [0.2, 0.25) is 5.78 Å². The van der Waals surface area contributed by atoms with E-state index in [1.807, 2.05) is 23.6 Å². The molecule has 4 aromatic rings. The molecule has 7 heteroatoms. The maximum atomic E-state index is 12.7.